The Balaban J connectivity index is 2.39. The number of ether oxygens (including phenoxy) is 1. The van der Waals surface area contributed by atoms with Crippen molar-refractivity contribution in [3.8, 4) is 23.6 Å². The van der Waals surface area contributed by atoms with Gasteiger partial charge in [-0.25, -0.2) is 4.39 Å². The Labute approximate surface area is 114 Å². The number of nitrogens with zero attached hydrogens (tertiary/aromatic N) is 2. The molecular weight excluding hydrogens is 267 g/mol. The van der Waals surface area contributed by atoms with Crippen LogP contribution in [-0.2, 0) is 0 Å². The van der Waals surface area contributed by atoms with Gasteiger partial charge in [0.25, 0.3) is 0 Å². The van der Waals surface area contributed by atoms with Crippen molar-refractivity contribution in [3.63, 3.8) is 0 Å². The van der Waals surface area contributed by atoms with Crippen molar-refractivity contribution in [1.29, 1.82) is 10.5 Å². The Morgan fingerprint density at radius 2 is 1.58 bits per heavy atom. The molecular formula is C14H6ClFN2O. The lowest BCUT2D eigenvalue weighted by molar-refractivity contribution is 0.480. The molecule has 0 aliphatic carbocycles. The molecule has 0 N–H and O–H groups in total. The minimum atomic E-state index is -0.379. The number of hydrogen-bond acceptors (Lipinski definition) is 3. The predicted octanol–water partition coefficient (Wildman–Crippen LogP) is 4.01. The van der Waals surface area contributed by atoms with E-state index in [1.165, 1.54) is 36.4 Å². The van der Waals surface area contributed by atoms with Crippen LogP contribution in [0.15, 0.2) is 36.4 Å². The van der Waals surface area contributed by atoms with E-state index in [0.717, 1.165) is 0 Å². The summed E-state index contributed by atoms with van der Waals surface area (Å²) in [5.41, 5.74) is 0.350. The first-order valence-corrected chi connectivity index (χ1v) is 5.59. The Bertz CT molecular complexity index is 699. The zero-order chi connectivity index (χ0) is 13.8. The third-order valence-corrected chi connectivity index (χ3v) is 2.65. The van der Waals surface area contributed by atoms with Crippen molar-refractivity contribution in [1.82, 2.24) is 0 Å². The van der Waals surface area contributed by atoms with Gasteiger partial charge in [0.2, 0.25) is 0 Å². The Morgan fingerprint density at radius 3 is 2.16 bits per heavy atom. The molecule has 2 rings (SSSR count). The van der Waals surface area contributed by atoms with Gasteiger partial charge >= 0.3 is 0 Å². The van der Waals surface area contributed by atoms with Crippen LogP contribution in [0.3, 0.4) is 0 Å². The van der Waals surface area contributed by atoms with Gasteiger partial charge in [0, 0.05) is 6.07 Å². The van der Waals surface area contributed by atoms with E-state index in [2.05, 4.69) is 0 Å². The summed E-state index contributed by atoms with van der Waals surface area (Å²) in [5, 5.41) is 18.0. The van der Waals surface area contributed by atoms with Gasteiger partial charge in [0.05, 0.1) is 16.1 Å². The Hall–Kier alpha value is -2.56. The summed E-state index contributed by atoms with van der Waals surface area (Å²) < 4.78 is 18.2. The van der Waals surface area contributed by atoms with Gasteiger partial charge in [-0.3, -0.25) is 0 Å². The fraction of sp³-hybridized carbons (Fsp3) is 0. The smallest absolute Gasteiger partial charge is 0.147 e. The van der Waals surface area contributed by atoms with Gasteiger partial charge < -0.3 is 4.74 Å². The number of hydrogen-bond donors (Lipinski definition) is 0. The minimum absolute atomic E-state index is 0.170. The minimum Gasteiger partial charge on any atom is -0.456 e. The first kappa shape index (κ1) is 12.9. The molecule has 0 heterocycles. The Kier molecular flexibility index (Phi) is 3.66. The molecule has 0 radical (unpaired) electrons. The molecule has 2 aromatic carbocycles. The molecule has 0 fully saturated rings. The van der Waals surface area contributed by atoms with Gasteiger partial charge in [0.1, 0.15) is 29.5 Å². The highest BCUT2D eigenvalue weighted by Gasteiger charge is 2.10. The normalized spacial score (nSPS) is 9.47. The van der Waals surface area contributed by atoms with Crippen LogP contribution in [0.25, 0.3) is 0 Å². The van der Waals surface area contributed by atoms with E-state index in [9.17, 15) is 4.39 Å². The van der Waals surface area contributed by atoms with Crippen LogP contribution >= 0.6 is 11.6 Å². The molecule has 0 aliphatic heterocycles. The summed E-state index contributed by atoms with van der Waals surface area (Å²) in [6.45, 7) is 0. The van der Waals surface area contributed by atoms with Gasteiger partial charge in [-0.05, 0) is 30.3 Å². The molecule has 0 aromatic heterocycles. The first-order chi connectivity index (χ1) is 9.13. The molecule has 0 saturated carbocycles. The van der Waals surface area contributed by atoms with Crippen molar-refractivity contribution < 1.29 is 9.13 Å². The summed E-state index contributed by atoms with van der Waals surface area (Å²) in [4.78, 5) is 0. The van der Waals surface area contributed by atoms with Crippen molar-refractivity contribution in [2.45, 2.75) is 0 Å². The average molecular weight is 273 g/mol. The monoisotopic (exact) mass is 272 g/mol. The number of nitriles is 2. The van der Waals surface area contributed by atoms with E-state index in [4.69, 9.17) is 26.9 Å². The maximum atomic E-state index is 12.8. The maximum absolute atomic E-state index is 12.8. The highest BCUT2D eigenvalue weighted by atomic mass is 35.5. The molecule has 0 aliphatic rings. The highest BCUT2D eigenvalue weighted by molar-refractivity contribution is 6.32. The topological polar surface area (TPSA) is 56.8 Å². The number of halogens is 2. The maximum Gasteiger partial charge on any atom is 0.147 e. The standard InChI is InChI=1S/C14H6ClFN2O/c15-13-5-9(7-17)10(8-18)6-14(13)19-12-3-1-11(16)2-4-12/h1-6H. The molecule has 0 amide bonds. The van der Waals surface area contributed by atoms with E-state index in [0.29, 0.717) is 5.75 Å². The number of rotatable bonds is 2. The molecule has 0 spiro atoms. The van der Waals surface area contributed by atoms with Gasteiger partial charge in [-0.2, -0.15) is 10.5 Å². The molecule has 2 aromatic rings. The van der Waals surface area contributed by atoms with E-state index < -0.39 is 0 Å². The Morgan fingerprint density at radius 1 is 1.00 bits per heavy atom. The van der Waals surface area contributed by atoms with Crippen LogP contribution in [0.5, 0.6) is 11.5 Å². The highest BCUT2D eigenvalue weighted by Crippen LogP contribution is 2.31. The lowest BCUT2D eigenvalue weighted by Gasteiger charge is -2.08. The van der Waals surface area contributed by atoms with Crippen molar-refractivity contribution >= 4 is 11.6 Å². The second-order valence-electron chi connectivity index (χ2n) is 3.61. The third-order valence-electron chi connectivity index (χ3n) is 2.35. The van der Waals surface area contributed by atoms with Gasteiger partial charge in [-0.1, -0.05) is 11.6 Å². The summed E-state index contributed by atoms with van der Waals surface area (Å²) in [7, 11) is 0. The van der Waals surface area contributed by atoms with E-state index in [1.54, 1.807) is 0 Å². The summed E-state index contributed by atoms with van der Waals surface area (Å²) in [6.07, 6.45) is 0. The van der Waals surface area contributed by atoms with Crippen LogP contribution in [-0.4, -0.2) is 0 Å². The molecule has 5 heteroatoms. The SMILES string of the molecule is N#Cc1cc(Cl)c(Oc2ccc(F)cc2)cc1C#N. The average Bonchev–Trinajstić information content (AvgIpc) is 2.43. The molecule has 92 valence electrons. The summed E-state index contributed by atoms with van der Waals surface area (Å²) >= 11 is 5.96. The van der Waals surface area contributed by atoms with Crippen molar-refractivity contribution in [2.24, 2.45) is 0 Å². The molecule has 19 heavy (non-hydrogen) atoms. The zero-order valence-electron chi connectivity index (χ0n) is 9.52. The largest absolute Gasteiger partial charge is 0.456 e. The second kappa shape index (κ2) is 5.39. The summed E-state index contributed by atoms with van der Waals surface area (Å²) in [6, 6.07) is 11.9. The second-order valence-corrected chi connectivity index (χ2v) is 4.02. The quantitative estimate of drug-likeness (QED) is 0.830. The van der Waals surface area contributed by atoms with Crippen LogP contribution < -0.4 is 4.74 Å². The van der Waals surface area contributed by atoms with E-state index in [1.807, 2.05) is 12.1 Å². The van der Waals surface area contributed by atoms with Crippen molar-refractivity contribution in [2.75, 3.05) is 0 Å². The molecule has 0 saturated heterocycles. The first-order valence-electron chi connectivity index (χ1n) is 5.21. The van der Waals surface area contributed by atoms with Gasteiger partial charge in [0.15, 0.2) is 0 Å². The zero-order valence-corrected chi connectivity index (χ0v) is 10.3. The van der Waals surface area contributed by atoms with Crippen molar-refractivity contribution in [3.05, 3.63) is 58.4 Å². The molecule has 0 bridgehead atoms. The molecule has 0 atom stereocenters. The fourth-order valence-electron chi connectivity index (χ4n) is 1.45. The van der Waals surface area contributed by atoms with Crippen LogP contribution in [0.1, 0.15) is 11.1 Å². The van der Waals surface area contributed by atoms with Crippen LogP contribution in [0.4, 0.5) is 4.39 Å². The van der Waals surface area contributed by atoms with Crippen LogP contribution in [0.2, 0.25) is 5.02 Å². The lowest BCUT2D eigenvalue weighted by atomic mass is 10.1. The lowest BCUT2D eigenvalue weighted by Crippen LogP contribution is -1.90. The number of benzene rings is 2. The predicted molar refractivity (Wildman–Crippen MR) is 67.4 cm³/mol. The molecule has 0 unspecified atom stereocenters. The summed E-state index contributed by atoms with van der Waals surface area (Å²) in [5.74, 6) is 0.247. The van der Waals surface area contributed by atoms with E-state index >= 15 is 0 Å². The van der Waals surface area contributed by atoms with Crippen LogP contribution in [0, 0.1) is 28.5 Å². The third kappa shape index (κ3) is 2.82. The van der Waals surface area contributed by atoms with Gasteiger partial charge in [-0.15, -0.1) is 0 Å². The van der Waals surface area contributed by atoms with E-state index in [-0.39, 0.29) is 27.7 Å². The fourth-order valence-corrected chi connectivity index (χ4v) is 1.65. The molecule has 3 nitrogen and oxygen atoms in total.